The lowest BCUT2D eigenvalue weighted by molar-refractivity contribution is -0.116. The minimum absolute atomic E-state index is 0.0703. The third kappa shape index (κ3) is 5.32. The summed E-state index contributed by atoms with van der Waals surface area (Å²) >= 11 is 5.77. The van der Waals surface area contributed by atoms with Crippen LogP contribution in [0.15, 0.2) is 66.1 Å². The molecule has 1 N–H and O–H groups in total. The maximum absolute atomic E-state index is 12.5. The molecule has 0 aliphatic rings. The van der Waals surface area contributed by atoms with Gasteiger partial charge in [0, 0.05) is 17.8 Å². The van der Waals surface area contributed by atoms with Crippen molar-refractivity contribution in [2.45, 2.75) is 4.90 Å². The van der Waals surface area contributed by atoms with Crippen molar-refractivity contribution in [3.8, 4) is 5.75 Å². The molecule has 0 aliphatic heterocycles. The first-order chi connectivity index (χ1) is 12.3. The van der Waals surface area contributed by atoms with Crippen LogP contribution in [-0.2, 0) is 14.8 Å². The van der Waals surface area contributed by atoms with Crippen LogP contribution < -0.4 is 10.1 Å². The van der Waals surface area contributed by atoms with E-state index in [1.165, 1.54) is 31.3 Å². The monoisotopic (exact) mass is 394 g/mol. The van der Waals surface area contributed by atoms with Crippen LogP contribution in [0, 0.1) is 0 Å². The first kappa shape index (κ1) is 20.0. The van der Waals surface area contributed by atoms with E-state index in [2.05, 4.69) is 11.9 Å². The van der Waals surface area contributed by atoms with Crippen molar-refractivity contribution in [2.75, 3.05) is 25.5 Å². The van der Waals surface area contributed by atoms with Gasteiger partial charge < -0.3 is 10.1 Å². The van der Waals surface area contributed by atoms with Crippen molar-refractivity contribution in [1.29, 1.82) is 0 Å². The van der Waals surface area contributed by atoms with Gasteiger partial charge in [0.15, 0.2) is 0 Å². The maximum atomic E-state index is 12.5. The summed E-state index contributed by atoms with van der Waals surface area (Å²) in [5.74, 6) is 0.190. The van der Waals surface area contributed by atoms with Crippen molar-refractivity contribution >= 4 is 33.2 Å². The fraction of sp³-hybridized carbons (Fsp3) is 0.167. The standard InChI is InChI=1S/C18H19ClN2O4S/c1-3-12-25-16-8-6-15(7-9-16)20-18(22)13-21(2)26(23,24)17-10-4-14(19)5-11-17/h3-11H,1,12-13H2,2H3,(H,20,22). The smallest absolute Gasteiger partial charge is 0.243 e. The Bertz CT molecular complexity index is 865. The first-order valence-electron chi connectivity index (χ1n) is 7.68. The van der Waals surface area contributed by atoms with Gasteiger partial charge in [0.25, 0.3) is 0 Å². The minimum Gasteiger partial charge on any atom is -0.490 e. The lowest BCUT2D eigenvalue weighted by atomic mass is 10.3. The van der Waals surface area contributed by atoms with Crippen molar-refractivity contribution in [2.24, 2.45) is 0 Å². The summed E-state index contributed by atoms with van der Waals surface area (Å²) in [6.07, 6.45) is 1.63. The van der Waals surface area contributed by atoms with Gasteiger partial charge in [-0.15, -0.1) is 0 Å². The summed E-state index contributed by atoms with van der Waals surface area (Å²) in [6.45, 7) is 3.63. The van der Waals surface area contributed by atoms with E-state index in [9.17, 15) is 13.2 Å². The second kappa shape index (κ2) is 8.84. The number of sulfonamides is 1. The molecule has 2 rings (SSSR count). The highest BCUT2D eigenvalue weighted by Gasteiger charge is 2.22. The largest absolute Gasteiger partial charge is 0.490 e. The number of nitrogens with one attached hydrogen (secondary N) is 1. The highest BCUT2D eigenvalue weighted by Crippen LogP contribution is 2.18. The Kier molecular flexibility index (Phi) is 6.79. The second-order valence-electron chi connectivity index (χ2n) is 5.39. The minimum atomic E-state index is -3.78. The van der Waals surface area contributed by atoms with E-state index in [1.807, 2.05) is 0 Å². The number of benzene rings is 2. The molecule has 1 amide bonds. The molecule has 0 bridgehead atoms. The fourth-order valence-electron chi connectivity index (χ4n) is 2.06. The van der Waals surface area contributed by atoms with Gasteiger partial charge in [-0.05, 0) is 48.5 Å². The van der Waals surface area contributed by atoms with Crippen LogP contribution in [0.5, 0.6) is 5.75 Å². The lowest BCUT2D eigenvalue weighted by Crippen LogP contribution is -2.34. The number of hydrogen-bond donors (Lipinski definition) is 1. The Hall–Kier alpha value is -2.35. The maximum Gasteiger partial charge on any atom is 0.243 e. The number of carbonyl (C=O) groups is 1. The summed E-state index contributed by atoms with van der Waals surface area (Å²) in [5.41, 5.74) is 0.540. The third-order valence-electron chi connectivity index (χ3n) is 3.39. The van der Waals surface area contributed by atoms with Crippen LogP contribution in [0.1, 0.15) is 0 Å². The lowest BCUT2D eigenvalue weighted by Gasteiger charge is -2.17. The molecule has 0 saturated heterocycles. The molecule has 0 aromatic heterocycles. The molecule has 0 atom stereocenters. The van der Waals surface area contributed by atoms with E-state index >= 15 is 0 Å². The molecule has 0 aliphatic carbocycles. The molecule has 0 unspecified atom stereocenters. The molecule has 0 spiro atoms. The average molecular weight is 395 g/mol. The van der Waals surface area contributed by atoms with Gasteiger partial charge in [-0.25, -0.2) is 8.42 Å². The van der Waals surface area contributed by atoms with Gasteiger partial charge >= 0.3 is 0 Å². The van der Waals surface area contributed by atoms with Gasteiger partial charge in [-0.2, -0.15) is 4.31 Å². The third-order valence-corrected chi connectivity index (χ3v) is 5.46. The molecular formula is C18H19ClN2O4S. The molecule has 6 nitrogen and oxygen atoms in total. The summed E-state index contributed by atoms with van der Waals surface area (Å²) in [4.78, 5) is 12.2. The molecule has 8 heteroatoms. The van der Waals surface area contributed by atoms with Crippen LogP contribution in [0.2, 0.25) is 5.02 Å². The van der Waals surface area contributed by atoms with Gasteiger partial charge in [-0.3, -0.25) is 4.79 Å². The van der Waals surface area contributed by atoms with Crippen molar-refractivity contribution in [3.05, 3.63) is 66.2 Å². The zero-order valence-corrected chi connectivity index (χ0v) is 15.8. The molecule has 2 aromatic carbocycles. The number of amides is 1. The number of rotatable bonds is 8. The van der Waals surface area contributed by atoms with E-state index in [4.69, 9.17) is 16.3 Å². The average Bonchev–Trinajstić information content (AvgIpc) is 2.61. The summed E-state index contributed by atoms with van der Waals surface area (Å²) in [7, 11) is -2.43. The molecule has 26 heavy (non-hydrogen) atoms. The van der Waals surface area contributed by atoms with E-state index in [0.717, 1.165) is 4.31 Å². The van der Waals surface area contributed by atoms with Crippen LogP contribution in [0.25, 0.3) is 0 Å². The Morgan fingerprint density at radius 2 is 1.81 bits per heavy atom. The van der Waals surface area contributed by atoms with E-state index in [1.54, 1.807) is 30.3 Å². The number of halogens is 1. The molecular weight excluding hydrogens is 376 g/mol. The molecule has 0 saturated carbocycles. The predicted octanol–water partition coefficient (Wildman–Crippen LogP) is 3.16. The number of carbonyl (C=O) groups excluding carboxylic acids is 1. The first-order valence-corrected chi connectivity index (χ1v) is 9.50. The van der Waals surface area contributed by atoms with Crippen molar-refractivity contribution in [3.63, 3.8) is 0 Å². The molecule has 0 fully saturated rings. The summed E-state index contributed by atoms with van der Waals surface area (Å²) < 4.78 is 31.2. The quantitative estimate of drug-likeness (QED) is 0.698. The highest BCUT2D eigenvalue weighted by molar-refractivity contribution is 7.89. The topological polar surface area (TPSA) is 75.7 Å². The Balaban J connectivity index is 1.98. The Morgan fingerprint density at radius 1 is 1.19 bits per heavy atom. The van der Waals surface area contributed by atoms with Crippen LogP contribution in [0.3, 0.4) is 0 Å². The number of ether oxygens (including phenoxy) is 1. The number of nitrogens with zero attached hydrogens (tertiary/aromatic N) is 1. The van der Waals surface area contributed by atoms with E-state index < -0.39 is 15.9 Å². The Labute approximate surface area is 158 Å². The SMILES string of the molecule is C=CCOc1ccc(NC(=O)CN(C)S(=O)(=O)c2ccc(Cl)cc2)cc1. The van der Waals surface area contributed by atoms with Crippen molar-refractivity contribution < 1.29 is 17.9 Å². The van der Waals surface area contributed by atoms with Crippen LogP contribution >= 0.6 is 11.6 Å². The van der Waals surface area contributed by atoms with Gasteiger partial charge in [0.2, 0.25) is 15.9 Å². The molecule has 138 valence electrons. The number of likely N-dealkylation sites (N-methyl/N-ethyl adjacent to an activating group) is 1. The second-order valence-corrected chi connectivity index (χ2v) is 7.87. The molecule has 2 aromatic rings. The number of hydrogen-bond acceptors (Lipinski definition) is 4. The molecule has 0 radical (unpaired) electrons. The van der Waals surface area contributed by atoms with Crippen molar-refractivity contribution in [1.82, 2.24) is 4.31 Å². The van der Waals surface area contributed by atoms with Gasteiger partial charge in [0.1, 0.15) is 12.4 Å². The fourth-order valence-corrected chi connectivity index (χ4v) is 3.32. The summed E-state index contributed by atoms with van der Waals surface area (Å²) in [5, 5.41) is 3.08. The zero-order chi connectivity index (χ0) is 19.2. The van der Waals surface area contributed by atoms with Gasteiger partial charge in [-0.1, -0.05) is 24.3 Å². The molecule has 0 heterocycles. The van der Waals surface area contributed by atoms with E-state index in [-0.39, 0.29) is 11.4 Å². The summed E-state index contributed by atoms with van der Waals surface area (Å²) in [6, 6.07) is 12.5. The van der Waals surface area contributed by atoms with Gasteiger partial charge in [0.05, 0.1) is 11.4 Å². The van der Waals surface area contributed by atoms with E-state index in [0.29, 0.717) is 23.1 Å². The number of anilines is 1. The predicted molar refractivity (Wildman–Crippen MR) is 102 cm³/mol. The van der Waals surface area contributed by atoms with Crippen LogP contribution in [-0.4, -0.2) is 38.8 Å². The Morgan fingerprint density at radius 3 is 2.38 bits per heavy atom. The zero-order valence-electron chi connectivity index (χ0n) is 14.2. The van der Waals surface area contributed by atoms with Crippen LogP contribution in [0.4, 0.5) is 5.69 Å². The normalized spacial score (nSPS) is 11.2. The highest BCUT2D eigenvalue weighted by atomic mass is 35.5.